The lowest BCUT2D eigenvalue weighted by Crippen LogP contribution is -2.62. The minimum Gasteiger partial charge on any atom is -0.458 e. The maximum atomic E-state index is 11.7. The maximum absolute atomic E-state index is 11.7. The molecule has 1 heterocycles. The number of rotatable bonds is 3. The van der Waals surface area contributed by atoms with Gasteiger partial charge in [-0.05, 0) is 20.8 Å². The molecule has 8 heteroatoms. The summed E-state index contributed by atoms with van der Waals surface area (Å²) in [5, 5.41) is 47.8. The van der Waals surface area contributed by atoms with Crippen molar-refractivity contribution in [2.75, 3.05) is 6.61 Å². The number of hydrogen-bond donors (Lipinski definition) is 5. The van der Waals surface area contributed by atoms with Gasteiger partial charge in [0, 0.05) is 0 Å². The lowest BCUT2D eigenvalue weighted by molar-refractivity contribution is -0.252. The van der Waals surface area contributed by atoms with Gasteiger partial charge in [-0.3, -0.25) is 0 Å². The van der Waals surface area contributed by atoms with Gasteiger partial charge in [0.15, 0.2) is 6.10 Å². The summed E-state index contributed by atoms with van der Waals surface area (Å²) >= 11 is 0. The number of hydrogen-bond acceptors (Lipinski definition) is 8. The molecule has 0 radical (unpaired) electrons. The smallest absolute Gasteiger partial charge is 0.338 e. The number of ether oxygens (including phenoxy) is 2. The van der Waals surface area contributed by atoms with Crippen LogP contribution < -0.4 is 0 Å². The predicted octanol–water partition coefficient (Wildman–Crippen LogP) is -2.47. The van der Waals surface area contributed by atoms with Crippen LogP contribution in [-0.2, 0) is 14.3 Å². The van der Waals surface area contributed by atoms with Gasteiger partial charge >= 0.3 is 5.97 Å². The van der Waals surface area contributed by atoms with E-state index in [2.05, 4.69) is 0 Å². The molecule has 8 nitrogen and oxygen atoms in total. The molecule has 1 aliphatic heterocycles. The Kier molecular flexibility index (Phi) is 5.47. The topological polar surface area (TPSA) is 137 Å². The highest BCUT2D eigenvalue weighted by Crippen LogP contribution is 2.24. The van der Waals surface area contributed by atoms with Crippen LogP contribution in [0.4, 0.5) is 0 Å². The van der Waals surface area contributed by atoms with E-state index in [1.165, 1.54) is 0 Å². The Morgan fingerprint density at radius 3 is 2.20 bits per heavy atom. The fraction of sp³-hybridized carbons (Fsp3) is 0.917. The Labute approximate surface area is 116 Å². The van der Waals surface area contributed by atoms with Crippen LogP contribution in [0.3, 0.4) is 0 Å². The SMILES string of the molecule is CC(C)(C)OC(=O)[C@@H](O)[C@@H]1O[C@H](CO)[C@@H](O)[C@H](O)[C@H]1O. The first kappa shape index (κ1) is 17.3. The highest BCUT2D eigenvalue weighted by atomic mass is 16.6. The standard InChI is InChI=1S/C12H22O8/c1-12(2,3)20-11(18)9(17)10-8(16)7(15)6(14)5(4-13)19-10/h5-10,13-17H,4H2,1-3H3/t5-,6-,7+,8-,9+,10-/m1/s1. The monoisotopic (exact) mass is 294 g/mol. The molecule has 0 bridgehead atoms. The minimum absolute atomic E-state index is 0.636. The van der Waals surface area contributed by atoms with Crippen molar-refractivity contribution in [2.45, 2.75) is 63.0 Å². The Bertz CT molecular complexity index is 337. The van der Waals surface area contributed by atoms with Crippen LogP contribution in [0, 0.1) is 0 Å². The summed E-state index contributed by atoms with van der Waals surface area (Å²) in [7, 11) is 0. The summed E-state index contributed by atoms with van der Waals surface area (Å²) in [4.78, 5) is 11.7. The second kappa shape index (κ2) is 6.33. The highest BCUT2D eigenvalue weighted by Gasteiger charge is 2.48. The zero-order valence-electron chi connectivity index (χ0n) is 11.6. The number of carbonyl (C=O) groups is 1. The summed E-state index contributed by atoms with van der Waals surface area (Å²) in [5.74, 6) is -1.03. The molecule has 0 aromatic carbocycles. The van der Waals surface area contributed by atoms with E-state index in [1.54, 1.807) is 20.8 Å². The van der Waals surface area contributed by atoms with Crippen LogP contribution in [0.25, 0.3) is 0 Å². The summed E-state index contributed by atoms with van der Waals surface area (Å²) in [6.45, 7) is 4.17. The second-order valence-corrected chi connectivity index (χ2v) is 5.77. The summed E-state index contributed by atoms with van der Waals surface area (Å²) in [6, 6.07) is 0. The van der Waals surface area contributed by atoms with Crippen LogP contribution in [0.1, 0.15) is 20.8 Å². The van der Waals surface area contributed by atoms with Gasteiger partial charge in [0.05, 0.1) is 6.61 Å². The van der Waals surface area contributed by atoms with E-state index in [1.807, 2.05) is 0 Å². The molecular formula is C12H22O8. The average molecular weight is 294 g/mol. The molecule has 1 aliphatic rings. The lowest BCUT2D eigenvalue weighted by Gasteiger charge is -2.41. The third kappa shape index (κ3) is 3.87. The van der Waals surface area contributed by atoms with Crippen molar-refractivity contribution in [1.29, 1.82) is 0 Å². The van der Waals surface area contributed by atoms with Crippen molar-refractivity contribution in [1.82, 2.24) is 0 Å². The Morgan fingerprint density at radius 1 is 1.20 bits per heavy atom. The quantitative estimate of drug-likeness (QED) is 0.361. The van der Waals surface area contributed by atoms with Gasteiger partial charge in [-0.25, -0.2) is 4.79 Å². The first-order valence-electron chi connectivity index (χ1n) is 6.30. The molecule has 1 rings (SSSR count). The molecule has 0 aromatic heterocycles. The number of esters is 1. The van der Waals surface area contributed by atoms with E-state index in [9.17, 15) is 25.2 Å². The minimum atomic E-state index is -1.85. The van der Waals surface area contributed by atoms with Crippen LogP contribution >= 0.6 is 0 Å². The summed E-state index contributed by atoms with van der Waals surface area (Å²) in [6.07, 6.45) is -9.41. The fourth-order valence-corrected chi connectivity index (χ4v) is 1.89. The zero-order valence-corrected chi connectivity index (χ0v) is 11.6. The maximum Gasteiger partial charge on any atom is 0.338 e. The Morgan fingerprint density at radius 2 is 1.75 bits per heavy atom. The van der Waals surface area contributed by atoms with E-state index in [0.29, 0.717) is 0 Å². The molecule has 0 unspecified atom stereocenters. The molecule has 1 saturated heterocycles. The largest absolute Gasteiger partial charge is 0.458 e. The van der Waals surface area contributed by atoms with E-state index >= 15 is 0 Å². The summed E-state index contributed by atoms with van der Waals surface area (Å²) < 4.78 is 10.0. The molecule has 0 aliphatic carbocycles. The van der Waals surface area contributed by atoms with Gasteiger partial charge in [0.1, 0.15) is 36.1 Å². The molecule has 0 amide bonds. The first-order valence-corrected chi connectivity index (χ1v) is 6.30. The van der Waals surface area contributed by atoms with Crippen molar-refractivity contribution in [2.24, 2.45) is 0 Å². The van der Waals surface area contributed by atoms with Crippen LogP contribution in [0.15, 0.2) is 0 Å². The number of aliphatic hydroxyl groups is 5. The number of carbonyl (C=O) groups excluding carboxylic acids is 1. The Balaban J connectivity index is 2.80. The van der Waals surface area contributed by atoms with Crippen molar-refractivity contribution >= 4 is 5.97 Å². The third-order valence-corrected chi connectivity index (χ3v) is 2.89. The van der Waals surface area contributed by atoms with Gasteiger partial charge in [0.2, 0.25) is 0 Å². The molecule has 0 spiro atoms. The fourth-order valence-electron chi connectivity index (χ4n) is 1.89. The van der Waals surface area contributed by atoms with Crippen molar-refractivity contribution < 1.29 is 39.8 Å². The second-order valence-electron chi connectivity index (χ2n) is 5.77. The van der Waals surface area contributed by atoms with E-state index in [0.717, 1.165) is 0 Å². The van der Waals surface area contributed by atoms with Gasteiger partial charge in [-0.15, -0.1) is 0 Å². The highest BCUT2D eigenvalue weighted by molar-refractivity contribution is 5.75. The van der Waals surface area contributed by atoms with Crippen molar-refractivity contribution in [3.63, 3.8) is 0 Å². The van der Waals surface area contributed by atoms with Gasteiger partial charge in [-0.1, -0.05) is 0 Å². The zero-order chi connectivity index (χ0) is 15.7. The van der Waals surface area contributed by atoms with Crippen LogP contribution in [0.2, 0.25) is 0 Å². The van der Waals surface area contributed by atoms with Gasteiger partial charge in [0.25, 0.3) is 0 Å². The van der Waals surface area contributed by atoms with Gasteiger partial charge < -0.3 is 35.0 Å². The van der Waals surface area contributed by atoms with Crippen LogP contribution in [0.5, 0.6) is 0 Å². The molecule has 5 N–H and O–H groups in total. The van der Waals surface area contributed by atoms with Crippen molar-refractivity contribution in [3.05, 3.63) is 0 Å². The predicted molar refractivity (Wildman–Crippen MR) is 65.6 cm³/mol. The molecule has 20 heavy (non-hydrogen) atoms. The lowest BCUT2D eigenvalue weighted by atomic mass is 9.92. The third-order valence-electron chi connectivity index (χ3n) is 2.89. The van der Waals surface area contributed by atoms with E-state index in [4.69, 9.17) is 14.6 Å². The molecule has 1 fully saturated rings. The molecular weight excluding hydrogens is 272 g/mol. The molecule has 0 saturated carbocycles. The van der Waals surface area contributed by atoms with Crippen LogP contribution in [-0.4, -0.2) is 80.3 Å². The average Bonchev–Trinajstić information content (AvgIpc) is 2.33. The van der Waals surface area contributed by atoms with E-state index in [-0.39, 0.29) is 0 Å². The first-order chi connectivity index (χ1) is 9.08. The molecule has 118 valence electrons. The van der Waals surface area contributed by atoms with Crippen molar-refractivity contribution in [3.8, 4) is 0 Å². The Hall–Kier alpha value is -0.770. The van der Waals surface area contributed by atoms with E-state index < -0.39 is 54.8 Å². The molecule has 0 aromatic rings. The summed E-state index contributed by atoms with van der Waals surface area (Å²) in [5.41, 5.74) is -0.841. The normalized spacial score (nSPS) is 36.5. The molecule has 6 atom stereocenters. The van der Waals surface area contributed by atoms with Gasteiger partial charge in [-0.2, -0.15) is 0 Å². The number of aliphatic hydroxyl groups excluding tert-OH is 5.